The molecule has 1 fully saturated rings. The van der Waals surface area contributed by atoms with Gasteiger partial charge in [-0.1, -0.05) is 0 Å². The third kappa shape index (κ3) is 12.0. The molecule has 17 heavy (non-hydrogen) atoms. The van der Waals surface area contributed by atoms with E-state index in [1.165, 1.54) is 0 Å². The van der Waals surface area contributed by atoms with Gasteiger partial charge < -0.3 is 30.3 Å². The van der Waals surface area contributed by atoms with Crippen molar-refractivity contribution in [2.75, 3.05) is 6.61 Å². The second-order valence-electron chi connectivity index (χ2n) is 2.72. The van der Waals surface area contributed by atoms with Gasteiger partial charge in [-0.2, -0.15) is 0 Å². The smallest absolute Gasteiger partial charge is 0.184 e. The Hall–Kier alpha value is 6.97. The zero-order valence-electron chi connectivity index (χ0n) is 9.12. The van der Waals surface area contributed by atoms with Crippen molar-refractivity contribution >= 4 is 0 Å². The summed E-state index contributed by atoms with van der Waals surface area (Å²) in [6, 6.07) is 0. The average molecular weight is 1320 g/mol. The number of ether oxygens (including phenoxy) is 1. The fourth-order valence-corrected chi connectivity index (χ4v) is 1.08. The molecule has 0 aromatic heterocycles. The van der Waals surface area contributed by atoms with Crippen LogP contribution in [0.15, 0.2) is 0 Å². The van der Waals surface area contributed by atoms with E-state index in [9.17, 15) is 0 Å². The summed E-state index contributed by atoms with van der Waals surface area (Å²) in [6.45, 7) is -0.526. The van der Waals surface area contributed by atoms with Gasteiger partial charge in [0.1, 0.15) is 24.4 Å². The first-order valence-electron chi connectivity index (χ1n) is 3.56. The number of aliphatic hydroxyl groups is 5. The Kier molecular flexibility index (Phi) is 39.9. The second-order valence-corrected chi connectivity index (χ2v) is 2.72. The predicted molar refractivity (Wildman–Crippen MR) is 36.0 cm³/mol. The monoisotopic (exact) mass is 1320 g/mol. The van der Waals surface area contributed by atoms with E-state index in [2.05, 4.69) is 4.74 Å². The van der Waals surface area contributed by atoms with Crippen LogP contribution in [-0.2, 0) is 4.74 Å². The van der Waals surface area contributed by atoms with Crippen LogP contribution in [0, 0.1) is 220 Å². The van der Waals surface area contributed by atoms with Gasteiger partial charge in [0.2, 0.25) is 0 Å². The molecule has 5 radical (unpaired) electrons. The van der Waals surface area contributed by atoms with E-state index in [0.29, 0.717) is 0 Å². The van der Waals surface area contributed by atoms with Crippen molar-refractivity contribution in [2.24, 2.45) is 0 Å². The number of rotatable bonds is 1. The van der Waals surface area contributed by atoms with Gasteiger partial charge in [0.15, 0.2) is 6.29 Å². The van der Waals surface area contributed by atoms with Crippen molar-refractivity contribution in [1.29, 1.82) is 0 Å². The van der Waals surface area contributed by atoms with E-state index in [1.807, 2.05) is 0 Å². The molecular formula is C6H12Ac5O6. The molecule has 1 saturated heterocycles. The molecule has 6 nitrogen and oxygen atoms in total. The van der Waals surface area contributed by atoms with E-state index in [0.717, 1.165) is 0 Å². The Morgan fingerprint density at radius 1 is 0.706 bits per heavy atom. The Morgan fingerprint density at radius 3 is 1.47 bits per heavy atom. The fourth-order valence-electron chi connectivity index (χ4n) is 1.08. The predicted octanol–water partition coefficient (Wildman–Crippen LogP) is -3.22. The van der Waals surface area contributed by atoms with Crippen LogP contribution in [0.5, 0.6) is 0 Å². The Labute approximate surface area is 279 Å². The number of hydrogen-bond acceptors (Lipinski definition) is 6. The largest absolute Gasteiger partial charge is 0.394 e. The molecule has 11 heteroatoms. The van der Waals surface area contributed by atoms with Crippen LogP contribution in [0.4, 0.5) is 0 Å². The topological polar surface area (TPSA) is 110 Å². The summed E-state index contributed by atoms with van der Waals surface area (Å²) >= 11 is 0. The normalized spacial score (nSPS) is 34.8. The summed E-state index contributed by atoms with van der Waals surface area (Å²) in [4.78, 5) is 0. The molecule has 0 spiro atoms. The van der Waals surface area contributed by atoms with Gasteiger partial charge in [0.05, 0.1) is 6.61 Å². The second kappa shape index (κ2) is 19.3. The van der Waals surface area contributed by atoms with Crippen LogP contribution >= 0.6 is 0 Å². The van der Waals surface area contributed by atoms with Crippen molar-refractivity contribution < 1.29 is 251 Å². The van der Waals surface area contributed by atoms with E-state index < -0.39 is 37.3 Å². The molecule has 87 valence electrons. The molecule has 1 unspecified atom stereocenters. The average Bonchev–Trinajstić information content (AvgIpc) is 2.08. The molecule has 0 aromatic carbocycles. The first-order chi connectivity index (χ1) is 5.57. The summed E-state index contributed by atoms with van der Waals surface area (Å²) in [6.07, 6.45) is -7.04. The molecule has 5 atom stereocenters. The molecule has 0 saturated carbocycles. The summed E-state index contributed by atoms with van der Waals surface area (Å²) in [5.74, 6) is 0. The first-order valence-corrected chi connectivity index (χ1v) is 3.56. The van der Waals surface area contributed by atoms with Gasteiger partial charge in [-0.15, -0.1) is 0 Å². The quantitative estimate of drug-likeness (QED) is 0.190. The van der Waals surface area contributed by atoms with E-state index in [1.54, 1.807) is 0 Å². The van der Waals surface area contributed by atoms with Crippen LogP contribution in [0.3, 0.4) is 0 Å². The number of hydrogen-bond donors (Lipinski definition) is 5. The minimum atomic E-state index is -1.57. The molecule has 1 heterocycles. The van der Waals surface area contributed by atoms with Crippen molar-refractivity contribution in [1.82, 2.24) is 0 Å². The Bertz CT molecular complexity index is 161. The van der Waals surface area contributed by atoms with Crippen LogP contribution in [0.1, 0.15) is 0 Å². The van der Waals surface area contributed by atoms with Gasteiger partial charge in [-0.3, -0.25) is 0 Å². The van der Waals surface area contributed by atoms with E-state index in [-0.39, 0.29) is 220 Å². The number of aliphatic hydroxyl groups excluding tert-OH is 5. The zero-order valence-corrected chi connectivity index (χ0v) is 32.9. The van der Waals surface area contributed by atoms with Gasteiger partial charge in [-0.05, 0) is 0 Å². The standard InChI is InChI=1S/C6H12O6.5Ac/c7-1-2-3(8)4(9)5(10)6(11)12-2;;;;;/h2-11H,1H2;;;;;/t2?,3-,4+,5-,6-;;;;;/m1...../s1. The molecule has 0 aromatic rings. The molecule has 0 aliphatic carbocycles. The molecule has 1 aliphatic heterocycles. The SMILES string of the molecule is OCC1O[C@@H](O)[C@H](O)[C@@H](O)[C@@H]1O.[Ac].[Ac].[Ac].[Ac].[Ac]. The fraction of sp³-hybridized carbons (Fsp3) is 1.00. The Balaban J connectivity index is -0.0000000960. The minimum Gasteiger partial charge on any atom is -0.394 e. The van der Waals surface area contributed by atoms with E-state index >= 15 is 0 Å². The molecule has 0 amide bonds. The summed E-state index contributed by atoms with van der Waals surface area (Å²) in [7, 11) is 0. The molecule has 5 N–H and O–H groups in total. The molecule has 0 bridgehead atoms. The van der Waals surface area contributed by atoms with Crippen molar-refractivity contribution in [3.8, 4) is 0 Å². The molecule has 1 aliphatic rings. The Morgan fingerprint density at radius 2 is 1.12 bits per heavy atom. The third-order valence-corrected chi connectivity index (χ3v) is 1.87. The van der Waals surface area contributed by atoms with Crippen LogP contribution in [-0.4, -0.2) is 62.8 Å². The summed E-state index contributed by atoms with van der Waals surface area (Å²) < 4.78 is 4.58. The van der Waals surface area contributed by atoms with Gasteiger partial charge in [0, 0.05) is 220 Å². The van der Waals surface area contributed by atoms with Crippen LogP contribution in [0.25, 0.3) is 0 Å². The third-order valence-electron chi connectivity index (χ3n) is 1.87. The van der Waals surface area contributed by atoms with E-state index in [4.69, 9.17) is 25.5 Å². The summed E-state index contributed by atoms with van der Waals surface area (Å²) in [5.41, 5.74) is 0. The maximum Gasteiger partial charge on any atom is 0.184 e. The maximum absolute atomic E-state index is 9.12. The van der Waals surface area contributed by atoms with Crippen LogP contribution < -0.4 is 0 Å². The maximum atomic E-state index is 9.12. The van der Waals surface area contributed by atoms with Crippen molar-refractivity contribution in [3.63, 3.8) is 0 Å². The van der Waals surface area contributed by atoms with Gasteiger partial charge >= 0.3 is 0 Å². The van der Waals surface area contributed by atoms with Gasteiger partial charge in [0.25, 0.3) is 0 Å². The zero-order chi connectivity index (χ0) is 9.30. The first kappa shape index (κ1) is 35.1. The molecular weight excluding hydrogens is 1300 g/mol. The van der Waals surface area contributed by atoms with Crippen molar-refractivity contribution in [2.45, 2.75) is 30.7 Å². The minimum absolute atomic E-state index is 0. The summed E-state index contributed by atoms with van der Waals surface area (Å²) in [5, 5.41) is 44.7. The van der Waals surface area contributed by atoms with Crippen LogP contribution in [0.2, 0.25) is 0 Å². The van der Waals surface area contributed by atoms with Gasteiger partial charge in [-0.25, -0.2) is 0 Å². The van der Waals surface area contributed by atoms with Crippen molar-refractivity contribution in [3.05, 3.63) is 0 Å². The molecule has 1 rings (SSSR count).